The number of amides is 1. The van der Waals surface area contributed by atoms with Crippen molar-refractivity contribution in [2.45, 2.75) is 37.8 Å². The van der Waals surface area contributed by atoms with E-state index in [9.17, 15) is 26.4 Å². The van der Waals surface area contributed by atoms with E-state index in [2.05, 4.69) is 5.32 Å². The second kappa shape index (κ2) is 7.92. The quantitative estimate of drug-likeness (QED) is 0.755. The molecule has 0 aliphatic carbocycles. The van der Waals surface area contributed by atoms with Crippen molar-refractivity contribution >= 4 is 27.3 Å². The van der Waals surface area contributed by atoms with Crippen molar-refractivity contribution in [3.63, 3.8) is 0 Å². The first-order valence-electron chi connectivity index (χ1n) is 9.29. The van der Waals surface area contributed by atoms with Gasteiger partial charge in [-0.2, -0.15) is 13.2 Å². The molecular formula is C20H22F3N3O3S. The Morgan fingerprint density at radius 2 is 1.73 bits per heavy atom. The maximum absolute atomic E-state index is 13.2. The van der Waals surface area contributed by atoms with E-state index in [0.29, 0.717) is 29.9 Å². The standard InChI is InChI=1S/C20H22F3N3O3S/c1-12-9-14(10-18(13(12)2)30(24,28)29)19(27)25-16-11-15(20(21,22)23)5-6-17(16)26-7-3-4-8-26/h5-6,9-11H,3-4,7-8H2,1-2H3,(H,25,27)(H2,24,28,29). The van der Waals surface area contributed by atoms with Crippen molar-refractivity contribution in [1.29, 1.82) is 0 Å². The van der Waals surface area contributed by atoms with Gasteiger partial charge in [0.2, 0.25) is 10.0 Å². The number of nitrogens with zero attached hydrogens (tertiary/aromatic N) is 1. The van der Waals surface area contributed by atoms with Crippen LogP contribution < -0.4 is 15.4 Å². The molecule has 0 unspecified atom stereocenters. The van der Waals surface area contributed by atoms with Crippen molar-refractivity contribution in [3.05, 3.63) is 52.6 Å². The molecule has 2 aromatic rings. The topological polar surface area (TPSA) is 92.5 Å². The van der Waals surface area contributed by atoms with Crippen LogP contribution in [0.1, 0.15) is 39.9 Å². The van der Waals surface area contributed by atoms with E-state index in [4.69, 9.17) is 5.14 Å². The summed E-state index contributed by atoms with van der Waals surface area (Å²) >= 11 is 0. The van der Waals surface area contributed by atoms with Gasteiger partial charge < -0.3 is 10.2 Å². The summed E-state index contributed by atoms with van der Waals surface area (Å²) in [5, 5.41) is 7.76. The van der Waals surface area contributed by atoms with Crippen molar-refractivity contribution in [2.75, 3.05) is 23.3 Å². The molecule has 0 aromatic heterocycles. The highest BCUT2D eigenvalue weighted by Crippen LogP contribution is 2.37. The number of aryl methyl sites for hydroxylation is 1. The van der Waals surface area contributed by atoms with Gasteiger partial charge in [0.25, 0.3) is 5.91 Å². The molecule has 0 saturated carbocycles. The van der Waals surface area contributed by atoms with Gasteiger partial charge in [-0.05, 0) is 68.1 Å². The number of halogens is 3. The van der Waals surface area contributed by atoms with Gasteiger partial charge in [0.05, 0.1) is 21.8 Å². The van der Waals surface area contributed by atoms with E-state index < -0.39 is 27.7 Å². The Labute approximate surface area is 172 Å². The second-order valence-electron chi connectivity index (χ2n) is 7.34. The fourth-order valence-corrected chi connectivity index (χ4v) is 4.37. The monoisotopic (exact) mass is 441 g/mol. The number of primary sulfonamides is 1. The molecule has 10 heteroatoms. The van der Waals surface area contributed by atoms with Gasteiger partial charge >= 0.3 is 6.18 Å². The molecule has 1 aliphatic heterocycles. The Hall–Kier alpha value is -2.59. The predicted molar refractivity (Wildman–Crippen MR) is 108 cm³/mol. The molecule has 6 nitrogen and oxygen atoms in total. The number of nitrogens with one attached hydrogen (secondary N) is 1. The number of hydrogen-bond acceptors (Lipinski definition) is 4. The molecule has 0 radical (unpaired) electrons. The van der Waals surface area contributed by atoms with Crippen LogP contribution in [0.15, 0.2) is 35.2 Å². The lowest BCUT2D eigenvalue weighted by atomic mass is 10.1. The summed E-state index contributed by atoms with van der Waals surface area (Å²) in [6, 6.07) is 5.84. The van der Waals surface area contributed by atoms with Crippen molar-refractivity contribution in [2.24, 2.45) is 5.14 Å². The molecule has 0 spiro atoms. The molecule has 162 valence electrons. The Bertz CT molecular complexity index is 1090. The van der Waals surface area contributed by atoms with Crippen LogP contribution in [-0.2, 0) is 16.2 Å². The van der Waals surface area contributed by atoms with E-state index >= 15 is 0 Å². The van der Waals surface area contributed by atoms with Crippen molar-refractivity contribution in [3.8, 4) is 0 Å². The Balaban J connectivity index is 2.03. The van der Waals surface area contributed by atoms with Gasteiger partial charge in [0, 0.05) is 18.7 Å². The molecule has 1 saturated heterocycles. The number of sulfonamides is 1. The average molecular weight is 441 g/mol. The van der Waals surface area contributed by atoms with Crippen LogP contribution in [0.4, 0.5) is 24.5 Å². The SMILES string of the molecule is Cc1cc(C(=O)Nc2cc(C(F)(F)F)ccc2N2CCCC2)cc(S(N)(=O)=O)c1C. The van der Waals surface area contributed by atoms with Crippen LogP contribution in [0, 0.1) is 13.8 Å². The zero-order chi connectivity index (χ0) is 22.3. The molecule has 0 bridgehead atoms. The lowest BCUT2D eigenvalue weighted by Gasteiger charge is -2.23. The number of alkyl halides is 3. The zero-order valence-electron chi connectivity index (χ0n) is 16.5. The highest BCUT2D eigenvalue weighted by molar-refractivity contribution is 7.89. The molecule has 1 amide bonds. The summed E-state index contributed by atoms with van der Waals surface area (Å²) in [4.78, 5) is 14.5. The van der Waals surface area contributed by atoms with Gasteiger partial charge in [-0.25, -0.2) is 13.6 Å². The average Bonchev–Trinajstić information content (AvgIpc) is 3.16. The highest BCUT2D eigenvalue weighted by atomic mass is 32.2. The normalized spacial score (nSPS) is 14.8. The second-order valence-corrected chi connectivity index (χ2v) is 8.87. The van der Waals surface area contributed by atoms with Crippen molar-refractivity contribution < 1.29 is 26.4 Å². The minimum absolute atomic E-state index is 0.00749. The van der Waals surface area contributed by atoms with Gasteiger partial charge in [0.15, 0.2) is 0 Å². The van der Waals surface area contributed by atoms with Crippen LogP contribution in [0.25, 0.3) is 0 Å². The molecule has 1 heterocycles. The number of carbonyl (C=O) groups is 1. The fraction of sp³-hybridized carbons (Fsp3) is 0.350. The van der Waals surface area contributed by atoms with Crippen LogP contribution in [0.5, 0.6) is 0 Å². The molecule has 2 aromatic carbocycles. The Kier molecular flexibility index (Phi) is 5.83. The first-order chi connectivity index (χ1) is 13.9. The third-order valence-electron chi connectivity index (χ3n) is 5.21. The van der Waals surface area contributed by atoms with E-state index in [1.165, 1.54) is 12.1 Å². The third kappa shape index (κ3) is 4.59. The summed E-state index contributed by atoms with van der Waals surface area (Å²) < 4.78 is 63.3. The third-order valence-corrected chi connectivity index (χ3v) is 6.24. The lowest BCUT2D eigenvalue weighted by molar-refractivity contribution is -0.137. The van der Waals surface area contributed by atoms with Crippen LogP contribution in [0.3, 0.4) is 0 Å². The van der Waals surface area contributed by atoms with Gasteiger partial charge in [-0.15, -0.1) is 0 Å². The Morgan fingerprint density at radius 1 is 1.10 bits per heavy atom. The van der Waals surface area contributed by atoms with Crippen LogP contribution >= 0.6 is 0 Å². The molecule has 3 N–H and O–H groups in total. The minimum Gasteiger partial charge on any atom is -0.370 e. The summed E-state index contributed by atoms with van der Waals surface area (Å²) in [6.45, 7) is 4.54. The Morgan fingerprint density at radius 3 is 2.30 bits per heavy atom. The van der Waals surface area contributed by atoms with Gasteiger partial charge in [0.1, 0.15) is 0 Å². The summed E-state index contributed by atoms with van der Waals surface area (Å²) in [5.74, 6) is -0.720. The first-order valence-corrected chi connectivity index (χ1v) is 10.8. The largest absolute Gasteiger partial charge is 0.416 e. The summed E-state index contributed by atoms with van der Waals surface area (Å²) in [7, 11) is -4.07. The number of carbonyl (C=O) groups excluding carboxylic acids is 1. The predicted octanol–water partition coefficient (Wildman–Crippen LogP) is 3.82. The van der Waals surface area contributed by atoms with Gasteiger partial charge in [-0.3, -0.25) is 4.79 Å². The summed E-state index contributed by atoms with van der Waals surface area (Å²) in [6.07, 6.45) is -2.75. The number of benzene rings is 2. The lowest BCUT2D eigenvalue weighted by Crippen LogP contribution is -2.22. The highest BCUT2D eigenvalue weighted by Gasteiger charge is 2.32. The molecule has 0 atom stereocenters. The molecule has 1 aliphatic rings. The molecule has 30 heavy (non-hydrogen) atoms. The maximum atomic E-state index is 13.2. The smallest absolute Gasteiger partial charge is 0.370 e. The van der Waals surface area contributed by atoms with Gasteiger partial charge in [-0.1, -0.05) is 0 Å². The summed E-state index contributed by atoms with van der Waals surface area (Å²) in [5.41, 5.74) is 0.552. The van der Waals surface area contributed by atoms with Crippen molar-refractivity contribution in [1.82, 2.24) is 0 Å². The van der Waals surface area contributed by atoms with E-state index in [1.54, 1.807) is 13.8 Å². The minimum atomic E-state index is -4.57. The molecule has 1 fully saturated rings. The molecule has 3 rings (SSSR count). The van der Waals surface area contributed by atoms with E-state index in [-0.39, 0.29) is 16.1 Å². The first kappa shape index (κ1) is 22.1. The number of hydrogen-bond donors (Lipinski definition) is 2. The molecular weight excluding hydrogens is 419 g/mol. The van der Waals surface area contributed by atoms with Crippen LogP contribution in [-0.4, -0.2) is 27.4 Å². The van der Waals surface area contributed by atoms with E-state index in [0.717, 1.165) is 31.0 Å². The fourth-order valence-electron chi connectivity index (χ4n) is 3.49. The number of anilines is 2. The van der Waals surface area contributed by atoms with Crippen LogP contribution in [0.2, 0.25) is 0 Å². The number of nitrogens with two attached hydrogens (primary N) is 1. The van der Waals surface area contributed by atoms with E-state index in [1.807, 2.05) is 4.90 Å². The maximum Gasteiger partial charge on any atom is 0.416 e. The zero-order valence-corrected chi connectivity index (χ0v) is 17.3. The number of rotatable bonds is 4.